The highest BCUT2D eigenvalue weighted by atomic mass is 127. The van der Waals surface area contributed by atoms with Crippen molar-refractivity contribution in [3.05, 3.63) is 26.8 Å². The second-order valence-electron chi connectivity index (χ2n) is 2.95. The number of aromatic hydroxyl groups is 1. The average molecular weight is 277 g/mol. The number of phenolic OH excluding ortho intramolecular Hbond substituents is 1. The monoisotopic (exact) mass is 277 g/mol. The van der Waals surface area contributed by atoms with Crippen LogP contribution in [0.3, 0.4) is 0 Å². The van der Waals surface area contributed by atoms with Crippen LogP contribution in [0.1, 0.15) is 24.1 Å². The quantitative estimate of drug-likeness (QED) is 0.774. The van der Waals surface area contributed by atoms with Crippen LogP contribution in [0.4, 0.5) is 0 Å². The third-order valence-electron chi connectivity index (χ3n) is 1.80. The highest BCUT2D eigenvalue weighted by molar-refractivity contribution is 14.1. The lowest BCUT2D eigenvalue weighted by Gasteiger charge is -2.10. The van der Waals surface area contributed by atoms with Gasteiger partial charge in [0.25, 0.3) is 0 Å². The Morgan fingerprint density at radius 3 is 2.58 bits per heavy atom. The number of benzene rings is 1. The summed E-state index contributed by atoms with van der Waals surface area (Å²) in [5, 5.41) is 9.50. The van der Waals surface area contributed by atoms with Gasteiger partial charge in [0.2, 0.25) is 0 Å². The zero-order valence-corrected chi connectivity index (χ0v) is 9.29. The lowest BCUT2D eigenvalue weighted by Crippen LogP contribution is -2.05. The van der Waals surface area contributed by atoms with Gasteiger partial charge in [-0.3, -0.25) is 0 Å². The molecule has 66 valence electrons. The maximum absolute atomic E-state index is 9.50. The fraction of sp³-hybridized carbons (Fsp3) is 0.333. The number of hydrogen-bond donors (Lipinski definition) is 2. The van der Waals surface area contributed by atoms with E-state index in [2.05, 4.69) is 22.6 Å². The minimum Gasteiger partial charge on any atom is -0.508 e. The van der Waals surface area contributed by atoms with Gasteiger partial charge in [0, 0.05) is 15.2 Å². The molecule has 0 fully saturated rings. The molecule has 0 amide bonds. The summed E-state index contributed by atoms with van der Waals surface area (Å²) < 4.78 is 1.14. The van der Waals surface area contributed by atoms with E-state index in [1.54, 1.807) is 6.07 Å². The third kappa shape index (κ3) is 1.90. The van der Waals surface area contributed by atoms with E-state index in [4.69, 9.17) is 5.73 Å². The van der Waals surface area contributed by atoms with Crippen LogP contribution in [0.5, 0.6) is 5.75 Å². The van der Waals surface area contributed by atoms with Gasteiger partial charge in [0.1, 0.15) is 5.75 Å². The fourth-order valence-corrected chi connectivity index (χ4v) is 1.54. The van der Waals surface area contributed by atoms with E-state index in [0.717, 1.165) is 14.7 Å². The number of rotatable bonds is 1. The second-order valence-corrected chi connectivity index (χ2v) is 4.11. The molecule has 0 saturated carbocycles. The molecule has 1 rings (SSSR count). The molecule has 0 aliphatic heterocycles. The van der Waals surface area contributed by atoms with Crippen molar-refractivity contribution in [1.29, 1.82) is 0 Å². The zero-order valence-electron chi connectivity index (χ0n) is 7.13. The van der Waals surface area contributed by atoms with Crippen LogP contribution in [0.25, 0.3) is 0 Å². The first-order chi connectivity index (χ1) is 5.52. The van der Waals surface area contributed by atoms with E-state index >= 15 is 0 Å². The van der Waals surface area contributed by atoms with Gasteiger partial charge >= 0.3 is 0 Å². The minimum atomic E-state index is -0.112. The van der Waals surface area contributed by atoms with E-state index in [9.17, 15) is 5.11 Å². The predicted octanol–water partition coefficient (Wildman–Crippen LogP) is 2.32. The molecule has 0 aliphatic carbocycles. The molecule has 1 atom stereocenters. The van der Waals surface area contributed by atoms with Gasteiger partial charge in [0.05, 0.1) is 0 Å². The lowest BCUT2D eigenvalue weighted by molar-refractivity contribution is 0.463. The Labute approximate surface area is 85.9 Å². The van der Waals surface area contributed by atoms with Crippen molar-refractivity contribution in [2.24, 2.45) is 5.73 Å². The molecular weight excluding hydrogens is 265 g/mol. The van der Waals surface area contributed by atoms with Gasteiger partial charge in [-0.15, -0.1) is 0 Å². The Kier molecular flexibility index (Phi) is 2.95. The van der Waals surface area contributed by atoms with Crippen LogP contribution in [0, 0.1) is 10.5 Å². The Hall–Kier alpha value is -0.290. The normalized spacial score (nSPS) is 13.0. The van der Waals surface area contributed by atoms with Crippen molar-refractivity contribution in [2.45, 2.75) is 19.9 Å². The van der Waals surface area contributed by atoms with Gasteiger partial charge in [-0.2, -0.15) is 0 Å². The van der Waals surface area contributed by atoms with Gasteiger partial charge in [-0.05, 0) is 54.1 Å². The van der Waals surface area contributed by atoms with Crippen LogP contribution < -0.4 is 5.73 Å². The SMILES string of the molecule is Cc1cc(O)c([C@@H](C)N)cc1I. The van der Waals surface area contributed by atoms with E-state index in [-0.39, 0.29) is 6.04 Å². The Bertz CT molecular complexity index is 297. The topological polar surface area (TPSA) is 46.2 Å². The molecule has 0 aromatic heterocycles. The highest BCUT2D eigenvalue weighted by Gasteiger charge is 2.07. The summed E-state index contributed by atoms with van der Waals surface area (Å²) in [4.78, 5) is 0. The van der Waals surface area contributed by atoms with Gasteiger partial charge < -0.3 is 10.8 Å². The van der Waals surface area contributed by atoms with Gasteiger partial charge in [-0.1, -0.05) is 0 Å². The number of nitrogens with two attached hydrogens (primary N) is 1. The van der Waals surface area contributed by atoms with Crippen LogP contribution in [0.15, 0.2) is 12.1 Å². The smallest absolute Gasteiger partial charge is 0.120 e. The van der Waals surface area contributed by atoms with Crippen molar-refractivity contribution in [3.63, 3.8) is 0 Å². The van der Waals surface area contributed by atoms with Crippen LogP contribution >= 0.6 is 22.6 Å². The first-order valence-corrected chi connectivity index (χ1v) is 4.85. The molecule has 12 heavy (non-hydrogen) atoms. The number of aryl methyl sites for hydroxylation is 1. The summed E-state index contributed by atoms with van der Waals surface area (Å²) in [5.74, 6) is 0.294. The van der Waals surface area contributed by atoms with Crippen LogP contribution in [0.2, 0.25) is 0 Å². The van der Waals surface area contributed by atoms with Crippen molar-refractivity contribution in [2.75, 3.05) is 0 Å². The summed E-state index contributed by atoms with van der Waals surface area (Å²) >= 11 is 2.23. The molecule has 0 spiro atoms. The van der Waals surface area contributed by atoms with Crippen molar-refractivity contribution >= 4 is 22.6 Å². The maximum atomic E-state index is 9.50. The van der Waals surface area contributed by atoms with Crippen molar-refractivity contribution in [1.82, 2.24) is 0 Å². The zero-order chi connectivity index (χ0) is 9.30. The van der Waals surface area contributed by atoms with E-state index < -0.39 is 0 Å². The molecule has 1 aromatic carbocycles. The lowest BCUT2D eigenvalue weighted by atomic mass is 10.1. The molecule has 3 heteroatoms. The summed E-state index contributed by atoms with van der Waals surface area (Å²) in [6, 6.07) is 3.57. The first kappa shape index (κ1) is 9.80. The molecule has 3 N–H and O–H groups in total. The molecule has 0 unspecified atom stereocenters. The molecule has 0 aliphatic rings. The summed E-state index contributed by atoms with van der Waals surface area (Å²) in [6.07, 6.45) is 0. The minimum absolute atomic E-state index is 0.112. The van der Waals surface area contributed by atoms with E-state index in [0.29, 0.717) is 5.75 Å². The van der Waals surface area contributed by atoms with E-state index in [1.807, 2.05) is 19.9 Å². The van der Waals surface area contributed by atoms with Crippen molar-refractivity contribution < 1.29 is 5.11 Å². The molecule has 2 nitrogen and oxygen atoms in total. The van der Waals surface area contributed by atoms with Crippen molar-refractivity contribution in [3.8, 4) is 5.75 Å². The summed E-state index contributed by atoms with van der Waals surface area (Å²) in [5.41, 5.74) is 7.56. The van der Waals surface area contributed by atoms with Gasteiger partial charge in [0.15, 0.2) is 0 Å². The predicted molar refractivity (Wildman–Crippen MR) is 58.2 cm³/mol. The molecule has 1 aromatic rings. The van der Waals surface area contributed by atoms with Crippen LogP contribution in [-0.4, -0.2) is 5.11 Å². The number of hydrogen-bond acceptors (Lipinski definition) is 2. The standard InChI is InChI=1S/C9H12INO/c1-5-3-9(12)7(6(2)11)4-8(5)10/h3-4,6,12H,11H2,1-2H3/t6-/m1/s1. The fourth-order valence-electron chi connectivity index (χ4n) is 1.05. The number of phenols is 1. The molecule has 0 bridgehead atoms. The summed E-state index contributed by atoms with van der Waals surface area (Å²) in [6.45, 7) is 3.83. The maximum Gasteiger partial charge on any atom is 0.120 e. The van der Waals surface area contributed by atoms with E-state index in [1.165, 1.54) is 0 Å². The Morgan fingerprint density at radius 2 is 2.08 bits per heavy atom. The molecule has 0 saturated heterocycles. The average Bonchev–Trinajstić information content (AvgIpc) is 1.96. The number of halogens is 1. The Morgan fingerprint density at radius 1 is 1.50 bits per heavy atom. The highest BCUT2D eigenvalue weighted by Crippen LogP contribution is 2.26. The Balaban J connectivity index is 3.23. The first-order valence-electron chi connectivity index (χ1n) is 3.77. The molecule has 0 radical (unpaired) electrons. The molecular formula is C9H12INO. The largest absolute Gasteiger partial charge is 0.508 e. The van der Waals surface area contributed by atoms with Crippen LogP contribution in [-0.2, 0) is 0 Å². The molecule has 0 heterocycles. The summed E-state index contributed by atoms with van der Waals surface area (Å²) in [7, 11) is 0. The second kappa shape index (κ2) is 3.62. The van der Waals surface area contributed by atoms with Gasteiger partial charge in [-0.25, -0.2) is 0 Å². The third-order valence-corrected chi connectivity index (χ3v) is 2.96.